The molecule has 3 heterocycles. The standard InChI is InChI=1S/C23H26N6O3/c30-21-10-20(26-19-7-6-16-4-1-5-17(16)9-19)27-23(32)29(21)14-15-3-2-8-28(13-15)22(31)18-11-24-25-12-18/h6-7,9-12,15,26H,1-5,8,13-14H2,(H,24,25)(H,27,32). The summed E-state index contributed by atoms with van der Waals surface area (Å²) in [6, 6.07) is 7.58. The van der Waals surface area contributed by atoms with Crippen molar-refractivity contribution < 1.29 is 4.79 Å². The van der Waals surface area contributed by atoms with Gasteiger partial charge in [0.1, 0.15) is 5.82 Å². The van der Waals surface area contributed by atoms with Crippen LogP contribution in [0.4, 0.5) is 11.5 Å². The average molecular weight is 435 g/mol. The van der Waals surface area contributed by atoms with Crippen molar-refractivity contribution in [3.8, 4) is 0 Å². The SMILES string of the molecule is O=C(c1cn[nH]c1)N1CCCC(Cn2c(=O)cc(Nc3ccc4c(c3)CCC4)[nH]c2=O)C1. The van der Waals surface area contributed by atoms with Gasteiger partial charge in [-0.3, -0.25) is 24.2 Å². The predicted octanol–water partition coefficient (Wildman–Crippen LogP) is 2.04. The molecule has 1 aromatic carbocycles. The second kappa shape index (κ2) is 8.49. The Hall–Kier alpha value is -3.62. The van der Waals surface area contributed by atoms with Crippen molar-refractivity contribution in [2.75, 3.05) is 18.4 Å². The monoisotopic (exact) mass is 434 g/mol. The number of aromatic amines is 2. The molecule has 9 heteroatoms. The number of aromatic nitrogens is 4. The third-order valence-electron chi connectivity index (χ3n) is 6.39. The van der Waals surface area contributed by atoms with Gasteiger partial charge in [-0.2, -0.15) is 5.10 Å². The van der Waals surface area contributed by atoms with E-state index >= 15 is 0 Å². The molecule has 1 amide bonds. The lowest BCUT2D eigenvalue weighted by Gasteiger charge is -2.32. The van der Waals surface area contributed by atoms with Gasteiger partial charge in [0.25, 0.3) is 11.5 Å². The molecular formula is C23H26N6O3. The summed E-state index contributed by atoms with van der Waals surface area (Å²) >= 11 is 0. The van der Waals surface area contributed by atoms with E-state index in [1.165, 1.54) is 28.0 Å². The highest BCUT2D eigenvalue weighted by atomic mass is 16.2. The zero-order valence-corrected chi connectivity index (χ0v) is 17.8. The molecule has 1 aliphatic carbocycles. The third kappa shape index (κ3) is 4.10. The highest BCUT2D eigenvalue weighted by Crippen LogP contribution is 2.26. The van der Waals surface area contributed by atoms with Gasteiger partial charge < -0.3 is 10.2 Å². The molecule has 5 rings (SSSR count). The van der Waals surface area contributed by atoms with Crippen LogP contribution in [-0.2, 0) is 19.4 Å². The Bertz CT molecular complexity index is 1210. The predicted molar refractivity (Wildman–Crippen MR) is 120 cm³/mol. The van der Waals surface area contributed by atoms with E-state index in [1.54, 1.807) is 11.1 Å². The van der Waals surface area contributed by atoms with Crippen LogP contribution in [0, 0.1) is 5.92 Å². The molecule has 1 aliphatic heterocycles. The number of rotatable bonds is 5. The van der Waals surface area contributed by atoms with E-state index in [-0.39, 0.29) is 23.9 Å². The van der Waals surface area contributed by atoms with Crippen molar-refractivity contribution in [2.24, 2.45) is 5.92 Å². The lowest BCUT2D eigenvalue weighted by atomic mass is 9.97. The Labute approximate surface area is 184 Å². The zero-order valence-electron chi connectivity index (χ0n) is 17.8. The first kappa shape index (κ1) is 20.3. The van der Waals surface area contributed by atoms with Crippen molar-refractivity contribution in [2.45, 2.75) is 38.6 Å². The minimum atomic E-state index is -0.445. The topological polar surface area (TPSA) is 116 Å². The lowest BCUT2D eigenvalue weighted by Crippen LogP contribution is -2.44. The molecule has 0 bridgehead atoms. The van der Waals surface area contributed by atoms with E-state index in [4.69, 9.17) is 0 Å². The summed E-state index contributed by atoms with van der Waals surface area (Å²) in [6.07, 6.45) is 8.11. The van der Waals surface area contributed by atoms with Crippen molar-refractivity contribution >= 4 is 17.4 Å². The van der Waals surface area contributed by atoms with Gasteiger partial charge in [-0.05, 0) is 61.3 Å². The Morgan fingerprint density at radius 1 is 1.16 bits per heavy atom. The smallest absolute Gasteiger partial charge is 0.329 e. The Kier molecular flexibility index (Phi) is 5.38. The molecule has 0 saturated carbocycles. The molecule has 1 fully saturated rings. The Morgan fingerprint density at radius 2 is 2.03 bits per heavy atom. The first-order valence-corrected chi connectivity index (χ1v) is 11.1. The molecular weight excluding hydrogens is 408 g/mol. The normalized spacial score (nSPS) is 17.9. The maximum absolute atomic E-state index is 12.7. The van der Waals surface area contributed by atoms with Gasteiger partial charge in [-0.1, -0.05) is 6.07 Å². The van der Waals surface area contributed by atoms with Gasteiger partial charge in [0.2, 0.25) is 0 Å². The minimum absolute atomic E-state index is 0.0360. The van der Waals surface area contributed by atoms with Gasteiger partial charge >= 0.3 is 5.69 Å². The van der Waals surface area contributed by atoms with Crippen LogP contribution in [0.5, 0.6) is 0 Å². The van der Waals surface area contributed by atoms with Crippen LogP contribution in [0.15, 0.2) is 46.2 Å². The number of nitrogens with one attached hydrogen (secondary N) is 3. The Balaban J connectivity index is 1.29. The van der Waals surface area contributed by atoms with Crippen LogP contribution in [0.3, 0.4) is 0 Å². The highest BCUT2D eigenvalue weighted by molar-refractivity contribution is 5.93. The van der Waals surface area contributed by atoms with Gasteiger partial charge in [0.05, 0.1) is 11.8 Å². The van der Waals surface area contributed by atoms with Crippen LogP contribution in [0.2, 0.25) is 0 Å². The number of H-pyrrole nitrogens is 2. The molecule has 9 nitrogen and oxygen atoms in total. The minimum Gasteiger partial charge on any atom is -0.342 e. The van der Waals surface area contributed by atoms with E-state index < -0.39 is 5.69 Å². The summed E-state index contributed by atoms with van der Waals surface area (Å²) in [5, 5.41) is 9.64. The van der Waals surface area contributed by atoms with Crippen LogP contribution >= 0.6 is 0 Å². The molecule has 3 aromatic rings. The number of nitrogens with zero attached hydrogens (tertiary/aromatic N) is 3. The molecule has 2 aromatic heterocycles. The number of aryl methyl sites for hydroxylation is 2. The molecule has 1 saturated heterocycles. The van der Waals surface area contributed by atoms with Crippen LogP contribution in [-0.4, -0.2) is 43.6 Å². The van der Waals surface area contributed by atoms with Crippen LogP contribution < -0.4 is 16.6 Å². The van der Waals surface area contributed by atoms with Crippen molar-refractivity contribution in [3.63, 3.8) is 0 Å². The van der Waals surface area contributed by atoms with Gasteiger partial charge in [-0.25, -0.2) is 4.79 Å². The van der Waals surface area contributed by atoms with Gasteiger partial charge in [-0.15, -0.1) is 0 Å². The number of benzene rings is 1. The number of hydrogen-bond donors (Lipinski definition) is 3. The summed E-state index contributed by atoms with van der Waals surface area (Å²) in [6.45, 7) is 1.45. The molecule has 166 valence electrons. The summed E-state index contributed by atoms with van der Waals surface area (Å²) in [5.41, 5.74) is 3.27. The van der Waals surface area contributed by atoms with Crippen molar-refractivity contribution in [3.05, 3.63) is 74.2 Å². The Morgan fingerprint density at radius 3 is 2.84 bits per heavy atom. The maximum Gasteiger partial charge on any atom is 0.329 e. The van der Waals surface area contributed by atoms with E-state index in [9.17, 15) is 14.4 Å². The average Bonchev–Trinajstić information content (AvgIpc) is 3.48. The number of carbonyl (C=O) groups excluding carboxylic acids is 1. The fourth-order valence-corrected chi connectivity index (χ4v) is 4.77. The summed E-state index contributed by atoms with van der Waals surface area (Å²) in [4.78, 5) is 42.6. The number of fused-ring (bicyclic) bond motifs is 1. The molecule has 0 radical (unpaired) electrons. The van der Waals surface area contributed by atoms with E-state index in [1.807, 2.05) is 6.07 Å². The fourth-order valence-electron chi connectivity index (χ4n) is 4.77. The number of anilines is 2. The summed E-state index contributed by atoms with van der Waals surface area (Å²) in [5.74, 6) is 0.335. The van der Waals surface area contributed by atoms with Crippen LogP contribution in [0.25, 0.3) is 0 Å². The quantitative estimate of drug-likeness (QED) is 0.568. The summed E-state index contributed by atoms with van der Waals surface area (Å²) < 4.78 is 1.23. The zero-order chi connectivity index (χ0) is 22.1. The van der Waals surface area contributed by atoms with Crippen molar-refractivity contribution in [1.29, 1.82) is 0 Å². The number of carbonyl (C=O) groups is 1. The lowest BCUT2D eigenvalue weighted by molar-refractivity contribution is 0.0661. The highest BCUT2D eigenvalue weighted by Gasteiger charge is 2.26. The number of hydrogen-bond acceptors (Lipinski definition) is 5. The largest absolute Gasteiger partial charge is 0.342 e. The molecule has 3 N–H and O–H groups in total. The second-order valence-corrected chi connectivity index (χ2v) is 8.65. The van der Waals surface area contributed by atoms with E-state index in [0.717, 1.165) is 37.8 Å². The van der Waals surface area contributed by atoms with Gasteiger partial charge in [0.15, 0.2) is 0 Å². The number of amides is 1. The fraction of sp³-hybridized carbons (Fsp3) is 0.391. The molecule has 32 heavy (non-hydrogen) atoms. The molecule has 2 aliphatic rings. The van der Waals surface area contributed by atoms with E-state index in [0.29, 0.717) is 24.5 Å². The van der Waals surface area contributed by atoms with Crippen LogP contribution in [0.1, 0.15) is 40.7 Å². The van der Waals surface area contributed by atoms with Gasteiger partial charge in [0, 0.05) is 37.6 Å². The van der Waals surface area contributed by atoms with E-state index in [2.05, 4.69) is 32.6 Å². The van der Waals surface area contributed by atoms with Crippen molar-refractivity contribution in [1.82, 2.24) is 24.6 Å². The summed E-state index contributed by atoms with van der Waals surface area (Å²) in [7, 11) is 0. The third-order valence-corrected chi connectivity index (χ3v) is 6.39. The molecule has 0 spiro atoms. The first-order valence-electron chi connectivity index (χ1n) is 11.1. The number of piperidine rings is 1. The maximum atomic E-state index is 12.7. The second-order valence-electron chi connectivity index (χ2n) is 8.65. The molecule has 1 unspecified atom stereocenters. The first-order chi connectivity index (χ1) is 15.6. The molecule has 1 atom stereocenters. The number of likely N-dealkylation sites (tertiary alicyclic amines) is 1.